The second kappa shape index (κ2) is 4.74. The lowest BCUT2D eigenvalue weighted by Gasteiger charge is -2.10. The summed E-state index contributed by atoms with van der Waals surface area (Å²) in [4.78, 5) is 4.39. The lowest BCUT2D eigenvalue weighted by atomic mass is 10.2. The number of rotatable bonds is 3. The fourth-order valence-corrected chi connectivity index (χ4v) is 2.02. The zero-order valence-corrected chi connectivity index (χ0v) is 10.7. The number of nitrogens with two attached hydrogens (primary N) is 1. The van der Waals surface area contributed by atoms with Gasteiger partial charge in [-0.05, 0) is 18.2 Å². The molecule has 0 aliphatic carbocycles. The quantitative estimate of drug-likeness (QED) is 0.835. The molecule has 0 fully saturated rings. The minimum absolute atomic E-state index is 0.254. The summed E-state index contributed by atoms with van der Waals surface area (Å²) >= 11 is 5.01. The highest BCUT2D eigenvalue weighted by Gasteiger charge is 2.14. The molecule has 6 heteroatoms. The highest BCUT2D eigenvalue weighted by atomic mass is 32.1. The van der Waals surface area contributed by atoms with Gasteiger partial charge >= 0.3 is 0 Å². The number of pyridine rings is 1. The zero-order valence-electron chi connectivity index (χ0n) is 9.92. The molecule has 5 nitrogen and oxygen atoms in total. The SMILES string of the molecule is NC(=S)c1ccncc1Nc1ccc2c(c1)OCO2. The number of thiocarbonyl (C=S) groups is 1. The van der Waals surface area contributed by atoms with Crippen molar-refractivity contribution in [2.75, 3.05) is 12.1 Å². The van der Waals surface area contributed by atoms with Crippen LogP contribution in [-0.4, -0.2) is 16.8 Å². The first-order chi connectivity index (χ1) is 9.24. The number of nitrogens with zero attached hydrogens (tertiary/aromatic N) is 1. The summed E-state index contributed by atoms with van der Waals surface area (Å²) in [6.07, 6.45) is 3.33. The first-order valence-corrected chi connectivity index (χ1v) is 6.05. The molecule has 0 radical (unpaired) electrons. The van der Waals surface area contributed by atoms with Gasteiger partial charge in [-0.3, -0.25) is 4.98 Å². The monoisotopic (exact) mass is 273 g/mol. The molecule has 0 spiro atoms. The second-order valence-corrected chi connectivity index (χ2v) is 4.42. The van der Waals surface area contributed by atoms with Crippen molar-refractivity contribution in [3.05, 3.63) is 42.2 Å². The molecule has 0 atom stereocenters. The molecule has 0 unspecified atom stereocenters. The largest absolute Gasteiger partial charge is 0.454 e. The number of aromatic nitrogens is 1. The molecule has 0 bridgehead atoms. The summed E-state index contributed by atoms with van der Waals surface area (Å²) < 4.78 is 10.6. The summed E-state index contributed by atoms with van der Waals surface area (Å²) in [7, 11) is 0. The molecule has 3 rings (SSSR count). The van der Waals surface area contributed by atoms with E-state index in [1.54, 1.807) is 18.5 Å². The third kappa shape index (κ3) is 2.30. The fraction of sp³-hybridized carbons (Fsp3) is 0.0769. The topological polar surface area (TPSA) is 69.4 Å². The van der Waals surface area contributed by atoms with Gasteiger partial charge in [0.15, 0.2) is 11.5 Å². The van der Waals surface area contributed by atoms with Crippen LogP contribution in [0.3, 0.4) is 0 Å². The van der Waals surface area contributed by atoms with E-state index in [-0.39, 0.29) is 6.79 Å². The second-order valence-electron chi connectivity index (χ2n) is 3.98. The van der Waals surface area contributed by atoms with E-state index in [4.69, 9.17) is 27.4 Å². The molecule has 1 aromatic heterocycles. The molecule has 1 aliphatic heterocycles. The Labute approximate surface area is 115 Å². The van der Waals surface area contributed by atoms with Gasteiger partial charge in [-0.25, -0.2) is 0 Å². The average molecular weight is 273 g/mol. The van der Waals surface area contributed by atoms with Crippen molar-refractivity contribution in [2.24, 2.45) is 5.73 Å². The van der Waals surface area contributed by atoms with Crippen molar-refractivity contribution in [3.63, 3.8) is 0 Å². The van der Waals surface area contributed by atoms with Crippen LogP contribution >= 0.6 is 12.2 Å². The molecule has 19 heavy (non-hydrogen) atoms. The average Bonchev–Trinajstić information content (AvgIpc) is 2.86. The Balaban J connectivity index is 1.91. The Kier molecular flexibility index (Phi) is 2.92. The number of hydrogen-bond acceptors (Lipinski definition) is 5. The third-order valence-electron chi connectivity index (χ3n) is 2.74. The van der Waals surface area contributed by atoms with E-state index < -0.39 is 0 Å². The van der Waals surface area contributed by atoms with E-state index >= 15 is 0 Å². The first-order valence-electron chi connectivity index (χ1n) is 5.64. The number of nitrogens with one attached hydrogen (secondary N) is 1. The predicted octanol–water partition coefficient (Wildman–Crippen LogP) is 2.19. The van der Waals surface area contributed by atoms with Gasteiger partial charge in [-0.2, -0.15) is 0 Å². The standard InChI is InChI=1S/C13H11N3O2S/c14-13(19)9-3-4-15-6-10(9)16-8-1-2-11-12(5-8)18-7-17-11/h1-6,16H,7H2,(H2,14,19). The van der Waals surface area contributed by atoms with Crippen molar-refractivity contribution in [1.29, 1.82) is 0 Å². The van der Waals surface area contributed by atoms with Crippen LogP contribution in [0.25, 0.3) is 0 Å². The van der Waals surface area contributed by atoms with E-state index in [1.165, 1.54) is 0 Å². The number of ether oxygens (including phenoxy) is 2. The lowest BCUT2D eigenvalue weighted by Crippen LogP contribution is -2.12. The van der Waals surface area contributed by atoms with Gasteiger partial charge in [0.05, 0.1) is 11.9 Å². The minimum Gasteiger partial charge on any atom is -0.454 e. The Bertz CT molecular complexity index is 646. The molecule has 1 aromatic carbocycles. The number of benzene rings is 1. The smallest absolute Gasteiger partial charge is 0.231 e. The Morgan fingerprint density at radius 2 is 2.11 bits per heavy atom. The molecule has 3 N–H and O–H groups in total. The van der Waals surface area contributed by atoms with Crippen LogP contribution in [0.1, 0.15) is 5.56 Å². The summed E-state index contributed by atoms with van der Waals surface area (Å²) in [5.74, 6) is 1.46. The van der Waals surface area contributed by atoms with Gasteiger partial charge in [0.1, 0.15) is 4.99 Å². The van der Waals surface area contributed by atoms with Crippen molar-refractivity contribution < 1.29 is 9.47 Å². The maximum Gasteiger partial charge on any atom is 0.231 e. The molecule has 0 saturated carbocycles. The van der Waals surface area contributed by atoms with Gasteiger partial charge in [0, 0.05) is 23.5 Å². The van der Waals surface area contributed by atoms with E-state index in [0.717, 1.165) is 22.7 Å². The van der Waals surface area contributed by atoms with E-state index in [1.807, 2.05) is 18.2 Å². The molecule has 96 valence electrons. The van der Waals surface area contributed by atoms with Gasteiger partial charge < -0.3 is 20.5 Å². The van der Waals surface area contributed by atoms with Crippen molar-refractivity contribution in [1.82, 2.24) is 4.98 Å². The van der Waals surface area contributed by atoms with Crippen molar-refractivity contribution in [3.8, 4) is 11.5 Å². The van der Waals surface area contributed by atoms with Crippen LogP contribution in [0.4, 0.5) is 11.4 Å². The number of fused-ring (bicyclic) bond motifs is 1. The maximum absolute atomic E-state index is 5.68. The Hall–Kier alpha value is -2.34. The third-order valence-corrected chi connectivity index (χ3v) is 2.96. The van der Waals surface area contributed by atoms with Crippen molar-refractivity contribution in [2.45, 2.75) is 0 Å². The van der Waals surface area contributed by atoms with Gasteiger partial charge in [0.25, 0.3) is 0 Å². The van der Waals surface area contributed by atoms with E-state index in [9.17, 15) is 0 Å². The summed E-state index contributed by atoms with van der Waals surface area (Å²) in [6, 6.07) is 7.38. The summed E-state index contributed by atoms with van der Waals surface area (Å²) in [5.41, 5.74) is 8.04. The number of anilines is 2. The van der Waals surface area contributed by atoms with Gasteiger partial charge in [-0.15, -0.1) is 0 Å². The van der Waals surface area contributed by atoms with Crippen LogP contribution < -0.4 is 20.5 Å². The van der Waals surface area contributed by atoms with E-state index in [0.29, 0.717) is 10.7 Å². The number of hydrogen-bond donors (Lipinski definition) is 2. The Morgan fingerprint density at radius 1 is 1.26 bits per heavy atom. The maximum atomic E-state index is 5.68. The van der Waals surface area contributed by atoms with Gasteiger partial charge in [0.2, 0.25) is 6.79 Å². The molecule has 0 saturated heterocycles. The first kappa shape index (κ1) is 11.7. The van der Waals surface area contributed by atoms with E-state index in [2.05, 4.69) is 10.3 Å². The lowest BCUT2D eigenvalue weighted by molar-refractivity contribution is 0.174. The minimum atomic E-state index is 0.254. The molecular weight excluding hydrogens is 262 g/mol. The highest BCUT2D eigenvalue weighted by Crippen LogP contribution is 2.35. The molecule has 1 aliphatic rings. The normalized spacial score (nSPS) is 12.2. The predicted molar refractivity (Wildman–Crippen MR) is 76.0 cm³/mol. The van der Waals surface area contributed by atoms with Crippen LogP contribution in [0.5, 0.6) is 11.5 Å². The van der Waals surface area contributed by atoms with Crippen LogP contribution in [-0.2, 0) is 0 Å². The summed E-state index contributed by atoms with van der Waals surface area (Å²) in [6.45, 7) is 0.254. The summed E-state index contributed by atoms with van der Waals surface area (Å²) in [5, 5.41) is 3.22. The zero-order chi connectivity index (χ0) is 13.2. The molecular formula is C13H11N3O2S. The fourth-order valence-electron chi connectivity index (χ4n) is 1.84. The molecule has 0 amide bonds. The highest BCUT2D eigenvalue weighted by molar-refractivity contribution is 7.80. The van der Waals surface area contributed by atoms with Crippen molar-refractivity contribution >= 4 is 28.6 Å². The molecule has 2 aromatic rings. The van der Waals surface area contributed by atoms with Gasteiger partial charge in [-0.1, -0.05) is 12.2 Å². The molecule has 2 heterocycles. The van der Waals surface area contributed by atoms with Crippen LogP contribution in [0, 0.1) is 0 Å². The van der Waals surface area contributed by atoms with Crippen LogP contribution in [0.15, 0.2) is 36.7 Å². The van der Waals surface area contributed by atoms with Crippen LogP contribution in [0.2, 0.25) is 0 Å². The Morgan fingerprint density at radius 3 is 2.95 bits per heavy atom.